The van der Waals surface area contributed by atoms with E-state index in [9.17, 15) is 17.4 Å². The molecule has 7 heteroatoms. The van der Waals surface area contributed by atoms with Gasteiger partial charge in [0, 0.05) is 17.7 Å². The molecule has 0 bridgehead atoms. The Bertz CT molecular complexity index is 677. The first-order chi connectivity index (χ1) is 9.27. The Morgan fingerprint density at radius 1 is 1.40 bits per heavy atom. The third-order valence-electron chi connectivity index (χ3n) is 3.91. The summed E-state index contributed by atoms with van der Waals surface area (Å²) in [6.45, 7) is 1.71. The van der Waals surface area contributed by atoms with Gasteiger partial charge in [-0.25, -0.2) is 12.6 Å². The topological polar surface area (TPSA) is 68.3 Å². The van der Waals surface area contributed by atoms with E-state index in [2.05, 4.69) is 0 Å². The monoisotopic (exact) mass is 334 g/mol. The van der Waals surface area contributed by atoms with Crippen molar-refractivity contribution in [1.29, 1.82) is 0 Å². The molecule has 0 amide bonds. The summed E-state index contributed by atoms with van der Waals surface area (Å²) in [6.07, 6.45) is 5.23. The Hall–Kier alpha value is -0.720. The van der Waals surface area contributed by atoms with E-state index in [0.29, 0.717) is 10.4 Å². The van der Waals surface area contributed by atoms with Gasteiger partial charge in [-0.2, -0.15) is 0 Å². The average molecular weight is 335 g/mol. The van der Waals surface area contributed by atoms with E-state index >= 15 is 0 Å². The van der Waals surface area contributed by atoms with Crippen molar-refractivity contribution in [2.45, 2.75) is 26.2 Å². The second kappa shape index (κ2) is 5.58. The number of carbonyl (C=O) groups is 1. The van der Waals surface area contributed by atoms with Crippen LogP contribution in [0.3, 0.4) is 0 Å². The zero-order valence-electron chi connectivity index (χ0n) is 11.2. The Kier molecular flexibility index (Phi) is 4.37. The number of sulfone groups is 1. The van der Waals surface area contributed by atoms with Gasteiger partial charge >= 0.3 is 0 Å². The van der Waals surface area contributed by atoms with Crippen molar-refractivity contribution in [3.05, 3.63) is 22.1 Å². The van der Waals surface area contributed by atoms with Crippen LogP contribution in [0.5, 0.6) is 0 Å². The molecule has 0 aromatic heterocycles. The summed E-state index contributed by atoms with van der Waals surface area (Å²) in [7, 11) is -3.51. The molecule has 0 aliphatic heterocycles. The van der Waals surface area contributed by atoms with Crippen LogP contribution in [0.15, 0.2) is 22.1 Å². The minimum absolute atomic E-state index is 0.0858. The quantitative estimate of drug-likeness (QED) is 0.583. The minimum atomic E-state index is -3.51. The SMILES string of the molecule is CC1C(C(=O)Cl)=CC(S(C)(=O)=O)=C(C2CCC2)C1=S=O. The van der Waals surface area contributed by atoms with E-state index in [-0.39, 0.29) is 27.7 Å². The van der Waals surface area contributed by atoms with Crippen LogP contribution in [-0.4, -0.2) is 29.0 Å². The first kappa shape index (κ1) is 15.7. The summed E-state index contributed by atoms with van der Waals surface area (Å²) in [5.74, 6) is -0.342. The second-order valence-corrected chi connectivity index (χ2v) is 8.15. The lowest BCUT2D eigenvalue weighted by Gasteiger charge is -2.34. The molecule has 0 saturated heterocycles. The summed E-state index contributed by atoms with van der Waals surface area (Å²) in [5, 5.41) is -0.710. The normalized spacial score (nSPS) is 24.2. The standard InChI is InChI=1S/C13H15ClO4S2/c1-7-9(13(14)15)6-10(20(2,17)18)11(12(7)19-16)8-4-3-5-8/h6-8H,3-5H2,1-2H3. The van der Waals surface area contributed by atoms with Crippen LogP contribution in [0.2, 0.25) is 0 Å². The van der Waals surface area contributed by atoms with Gasteiger partial charge in [0.2, 0.25) is 5.24 Å². The summed E-state index contributed by atoms with van der Waals surface area (Å²) in [6, 6.07) is 0. The Labute approximate surface area is 126 Å². The Morgan fingerprint density at radius 3 is 2.35 bits per heavy atom. The van der Waals surface area contributed by atoms with Crippen LogP contribution >= 0.6 is 11.6 Å². The molecule has 2 aliphatic carbocycles. The van der Waals surface area contributed by atoms with Crippen molar-refractivity contribution in [2.75, 3.05) is 6.26 Å². The molecule has 4 nitrogen and oxygen atoms in total. The molecule has 110 valence electrons. The first-order valence-electron chi connectivity index (χ1n) is 6.30. The first-order valence-corrected chi connectivity index (χ1v) is 9.31. The van der Waals surface area contributed by atoms with Crippen molar-refractivity contribution in [1.82, 2.24) is 0 Å². The molecule has 1 saturated carbocycles. The molecule has 0 spiro atoms. The Balaban J connectivity index is 2.74. The summed E-state index contributed by atoms with van der Waals surface area (Å²) < 4.78 is 35.5. The van der Waals surface area contributed by atoms with Crippen LogP contribution in [0.4, 0.5) is 0 Å². The maximum atomic E-state index is 12.0. The molecule has 0 radical (unpaired) electrons. The van der Waals surface area contributed by atoms with Crippen LogP contribution in [0.1, 0.15) is 26.2 Å². The maximum Gasteiger partial charge on any atom is 0.249 e. The average Bonchev–Trinajstić information content (AvgIpc) is 2.24. The van der Waals surface area contributed by atoms with Gasteiger partial charge in [-0.1, -0.05) is 13.3 Å². The van der Waals surface area contributed by atoms with E-state index in [4.69, 9.17) is 11.6 Å². The molecule has 0 heterocycles. The molecule has 0 aromatic rings. The molecular weight excluding hydrogens is 320 g/mol. The van der Waals surface area contributed by atoms with E-state index in [1.807, 2.05) is 0 Å². The van der Waals surface area contributed by atoms with Gasteiger partial charge in [0.05, 0.1) is 21.0 Å². The van der Waals surface area contributed by atoms with Crippen LogP contribution in [0.25, 0.3) is 0 Å². The van der Waals surface area contributed by atoms with Crippen molar-refractivity contribution >= 4 is 42.8 Å². The lowest BCUT2D eigenvalue weighted by atomic mass is 9.73. The van der Waals surface area contributed by atoms with Gasteiger partial charge in [-0.05, 0) is 42.0 Å². The van der Waals surface area contributed by atoms with Gasteiger partial charge < -0.3 is 0 Å². The van der Waals surface area contributed by atoms with Gasteiger partial charge in [-0.3, -0.25) is 4.79 Å². The van der Waals surface area contributed by atoms with Gasteiger partial charge in [0.15, 0.2) is 9.84 Å². The highest BCUT2D eigenvalue weighted by molar-refractivity contribution is 7.94. The molecule has 2 rings (SSSR count). The highest BCUT2D eigenvalue weighted by atomic mass is 35.5. The van der Waals surface area contributed by atoms with Crippen molar-refractivity contribution in [2.24, 2.45) is 11.8 Å². The third kappa shape index (κ3) is 2.69. The van der Waals surface area contributed by atoms with E-state index in [1.165, 1.54) is 6.08 Å². The molecule has 1 unspecified atom stereocenters. The minimum Gasteiger partial charge on any atom is -0.276 e. The summed E-state index contributed by atoms with van der Waals surface area (Å²) in [5.41, 5.74) is 0.779. The molecule has 1 fully saturated rings. The number of hydrogen-bond acceptors (Lipinski definition) is 4. The third-order valence-corrected chi connectivity index (χ3v) is 6.01. The molecular formula is C13H15ClO4S2. The lowest BCUT2D eigenvalue weighted by Crippen LogP contribution is -2.32. The molecule has 0 aromatic carbocycles. The fraction of sp³-hybridized carbons (Fsp3) is 0.538. The van der Waals surface area contributed by atoms with Crippen LogP contribution in [0, 0.1) is 11.8 Å². The Morgan fingerprint density at radius 2 is 2.00 bits per heavy atom. The van der Waals surface area contributed by atoms with Gasteiger partial charge in [0.25, 0.3) is 0 Å². The van der Waals surface area contributed by atoms with Gasteiger partial charge in [-0.15, -0.1) is 0 Å². The highest BCUT2D eigenvalue weighted by Crippen LogP contribution is 2.41. The number of rotatable bonds is 3. The highest BCUT2D eigenvalue weighted by Gasteiger charge is 2.37. The second-order valence-electron chi connectivity index (χ2n) is 5.22. The molecule has 20 heavy (non-hydrogen) atoms. The smallest absolute Gasteiger partial charge is 0.249 e. The molecule has 0 N–H and O–H groups in total. The predicted molar refractivity (Wildman–Crippen MR) is 80.5 cm³/mol. The van der Waals surface area contributed by atoms with Crippen molar-refractivity contribution < 1.29 is 17.4 Å². The zero-order chi connectivity index (χ0) is 15.1. The van der Waals surface area contributed by atoms with E-state index in [0.717, 1.165) is 25.5 Å². The summed E-state index contributed by atoms with van der Waals surface area (Å²) >= 11 is 5.79. The van der Waals surface area contributed by atoms with E-state index in [1.54, 1.807) is 6.92 Å². The van der Waals surface area contributed by atoms with Crippen LogP contribution < -0.4 is 0 Å². The van der Waals surface area contributed by atoms with E-state index < -0.39 is 21.0 Å². The van der Waals surface area contributed by atoms with Crippen molar-refractivity contribution in [3.63, 3.8) is 0 Å². The lowest BCUT2D eigenvalue weighted by molar-refractivity contribution is -0.108. The fourth-order valence-electron chi connectivity index (χ4n) is 2.59. The predicted octanol–water partition coefficient (Wildman–Crippen LogP) is 1.81. The maximum absolute atomic E-state index is 12.0. The van der Waals surface area contributed by atoms with Gasteiger partial charge in [0.1, 0.15) is 0 Å². The number of carbonyl (C=O) groups excluding carboxylic acids is 1. The number of hydrogen-bond donors (Lipinski definition) is 0. The number of allylic oxidation sites excluding steroid dienone is 3. The fourth-order valence-corrected chi connectivity index (χ4v) is 4.53. The largest absolute Gasteiger partial charge is 0.276 e. The zero-order valence-corrected chi connectivity index (χ0v) is 13.6. The summed E-state index contributed by atoms with van der Waals surface area (Å²) in [4.78, 5) is 12.0. The van der Waals surface area contributed by atoms with Crippen molar-refractivity contribution in [3.8, 4) is 0 Å². The number of halogens is 1. The van der Waals surface area contributed by atoms with Crippen LogP contribution in [-0.2, 0) is 25.9 Å². The molecule has 1 atom stereocenters. The molecule has 2 aliphatic rings.